The molecule has 0 aromatic rings. The largest absolute Gasteiger partial charge is 0.341 e. The smallest absolute Gasteiger partial charge is 0.222 e. The number of hydrogen-bond donors (Lipinski definition) is 1. The zero-order chi connectivity index (χ0) is 14.1. The molecule has 19 heavy (non-hydrogen) atoms. The number of nitrogens with zero attached hydrogens (tertiary/aromatic N) is 2. The molecule has 4 heteroatoms. The van der Waals surface area contributed by atoms with E-state index in [4.69, 9.17) is 0 Å². The Morgan fingerprint density at radius 2 is 2.05 bits per heavy atom. The standard InChI is InChI=1S/C15H31N3O/c1-4-10-18(12-11-17(2)3)15(19)8-7-14-6-5-9-16-13-14/h14,16H,4-13H2,1-3H3. The van der Waals surface area contributed by atoms with Gasteiger partial charge >= 0.3 is 0 Å². The number of likely N-dealkylation sites (N-methyl/N-ethyl adjacent to an activating group) is 1. The third-order valence-corrected chi connectivity index (χ3v) is 3.83. The summed E-state index contributed by atoms with van der Waals surface area (Å²) in [5.74, 6) is 1.05. The topological polar surface area (TPSA) is 35.6 Å². The molecule has 1 aliphatic heterocycles. The fraction of sp³-hybridized carbons (Fsp3) is 0.933. The van der Waals surface area contributed by atoms with Crippen molar-refractivity contribution in [1.82, 2.24) is 15.1 Å². The second-order valence-electron chi connectivity index (χ2n) is 5.94. The summed E-state index contributed by atoms with van der Waals surface area (Å²) in [6, 6.07) is 0. The SMILES string of the molecule is CCCN(CCN(C)C)C(=O)CCC1CCCNC1. The van der Waals surface area contributed by atoms with E-state index in [2.05, 4.69) is 31.2 Å². The van der Waals surface area contributed by atoms with Crippen molar-refractivity contribution in [2.24, 2.45) is 5.92 Å². The summed E-state index contributed by atoms with van der Waals surface area (Å²) in [4.78, 5) is 16.5. The van der Waals surface area contributed by atoms with Crippen LogP contribution in [0.4, 0.5) is 0 Å². The monoisotopic (exact) mass is 269 g/mol. The molecule has 112 valence electrons. The fourth-order valence-corrected chi connectivity index (χ4v) is 2.61. The van der Waals surface area contributed by atoms with Gasteiger partial charge in [0.25, 0.3) is 0 Å². The molecule has 1 N–H and O–H groups in total. The van der Waals surface area contributed by atoms with Gasteiger partial charge in [-0.2, -0.15) is 0 Å². The first-order chi connectivity index (χ1) is 9.13. The summed E-state index contributed by atoms with van der Waals surface area (Å²) in [5, 5.41) is 3.42. The highest BCUT2D eigenvalue weighted by atomic mass is 16.2. The van der Waals surface area contributed by atoms with Gasteiger partial charge in [0.05, 0.1) is 0 Å². The molecule has 1 rings (SSSR count). The molecule has 1 atom stereocenters. The van der Waals surface area contributed by atoms with E-state index in [0.717, 1.165) is 52.0 Å². The predicted molar refractivity (Wildman–Crippen MR) is 80.3 cm³/mol. The first kappa shape index (κ1) is 16.4. The lowest BCUT2D eigenvalue weighted by atomic mass is 9.94. The number of carbonyl (C=O) groups excluding carboxylic acids is 1. The minimum absolute atomic E-state index is 0.342. The van der Waals surface area contributed by atoms with E-state index in [0.29, 0.717) is 11.8 Å². The molecule has 0 bridgehead atoms. The van der Waals surface area contributed by atoms with Crippen LogP contribution in [-0.4, -0.2) is 62.5 Å². The Labute approximate surface area is 118 Å². The third-order valence-electron chi connectivity index (χ3n) is 3.83. The van der Waals surface area contributed by atoms with Crippen LogP contribution in [-0.2, 0) is 4.79 Å². The van der Waals surface area contributed by atoms with Crippen LogP contribution in [0.3, 0.4) is 0 Å². The van der Waals surface area contributed by atoms with Gasteiger partial charge in [0.1, 0.15) is 0 Å². The maximum Gasteiger partial charge on any atom is 0.222 e. The van der Waals surface area contributed by atoms with Gasteiger partial charge in [0, 0.05) is 26.1 Å². The minimum Gasteiger partial charge on any atom is -0.341 e. The van der Waals surface area contributed by atoms with E-state index in [-0.39, 0.29) is 0 Å². The summed E-state index contributed by atoms with van der Waals surface area (Å²) in [5.41, 5.74) is 0. The highest BCUT2D eigenvalue weighted by molar-refractivity contribution is 5.76. The molecule has 1 aliphatic rings. The maximum atomic E-state index is 12.3. The van der Waals surface area contributed by atoms with Crippen LogP contribution in [0, 0.1) is 5.92 Å². The van der Waals surface area contributed by atoms with Crippen LogP contribution in [0.5, 0.6) is 0 Å². The molecule has 0 aromatic heterocycles. The van der Waals surface area contributed by atoms with E-state index < -0.39 is 0 Å². The van der Waals surface area contributed by atoms with Crippen molar-refractivity contribution >= 4 is 5.91 Å². The van der Waals surface area contributed by atoms with Crippen molar-refractivity contribution in [2.45, 2.75) is 39.0 Å². The van der Waals surface area contributed by atoms with Crippen LogP contribution in [0.25, 0.3) is 0 Å². The lowest BCUT2D eigenvalue weighted by Gasteiger charge is -2.26. The van der Waals surface area contributed by atoms with Gasteiger partial charge in [0.2, 0.25) is 5.91 Å². The van der Waals surface area contributed by atoms with Gasteiger partial charge in [-0.3, -0.25) is 4.79 Å². The summed E-state index contributed by atoms with van der Waals surface area (Å²) >= 11 is 0. The molecule has 1 saturated heterocycles. The van der Waals surface area contributed by atoms with E-state index in [1.807, 2.05) is 4.90 Å². The third kappa shape index (κ3) is 6.92. The maximum absolute atomic E-state index is 12.3. The van der Waals surface area contributed by atoms with Gasteiger partial charge in [-0.15, -0.1) is 0 Å². The molecule has 0 radical (unpaired) electrons. The number of piperidine rings is 1. The Balaban J connectivity index is 2.29. The molecule has 0 saturated carbocycles. The molecule has 0 aromatic carbocycles. The Bertz CT molecular complexity index is 250. The van der Waals surface area contributed by atoms with E-state index in [9.17, 15) is 4.79 Å². The summed E-state index contributed by atoms with van der Waals surface area (Å²) in [6.07, 6.45) is 5.36. The van der Waals surface area contributed by atoms with Gasteiger partial charge in [-0.05, 0) is 58.8 Å². The fourth-order valence-electron chi connectivity index (χ4n) is 2.61. The lowest BCUT2D eigenvalue weighted by molar-refractivity contribution is -0.131. The first-order valence-electron chi connectivity index (χ1n) is 7.76. The molecule has 1 amide bonds. The Morgan fingerprint density at radius 1 is 1.26 bits per heavy atom. The van der Waals surface area contributed by atoms with Crippen molar-refractivity contribution in [3.8, 4) is 0 Å². The van der Waals surface area contributed by atoms with Crippen molar-refractivity contribution in [2.75, 3.05) is 46.8 Å². The molecule has 1 unspecified atom stereocenters. The minimum atomic E-state index is 0.342. The predicted octanol–water partition coefficient (Wildman–Crippen LogP) is 1.57. The number of nitrogens with one attached hydrogen (secondary N) is 1. The highest BCUT2D eigenvalue weighted by Crippen LogP contribution is 2.16. The van der Waals surface area contributed by atoms with Crippen molar-refractivity contribution in [3.05, 3.63) is 0 Å². The average Bonchev–Trinajstić information content (AvgIpc) is 2.41. The van der Waals surface area contributed by atoms with Crippen molar-refractivity contribution in [1.29, 1.82) is 0 Å². The normalized spacial score (nSPS) is 19.7. The van der Waals surface area contributed by atoms with Crippen LogP contribution >= 0.6 is 0 Å². The number of carbonyl (C=O) groups is 1. The molecule has 0 aliphatic carbocycles. The van der Waals surface area contributed by atoms with Gasteiger partial charge in [0.15, 0.2) is 0 Å². The molecule has 1 heterocycles. The number of amides is 1. The second-order valence-corrected chi connectivity index (χ2v) is 5.94. The van der Waals surface area contributed by atoms with Crippen molar-refractivity contribution in [3.63, 3.8) is 0 Å². The lowest BCUT2D eigenvalue weighted by Crippen LogP contribution is -2.38. The zero-order valence-corrected chi connectivity index (χ0v) is 13.0. The summed E-state index contributed by atoms with van der Waals surface area (Å²) < 4.78 is 0. The average molecular weight is 269 g/mol. The quantitative estimate of drug-likeness (QED) is 0.726. The number of hydrogen-bond acceptors (Lipinski definition) is 3. The summed E-state index contributed by atoms with van der Waals surface area (Å²) in [6.45, 7) is 7.10. The molecular formula is C15H31N3O. The molecule has 4 nitrogen and oxygen atoms in total. The van der Waals surface area contributed by atoms with Crippen LogP contribution < -0.4 is 5.32 Å². The van der Waals surface area contributed by atoms with Crippen LogP contribution in [0.1, 0.15) is 39.0 Å². The van der Waals surface area contributed by atoms with E-state index in [1.165, 1.54) is 12.8 Å². The van der Waals surface area contributed by atoms with Crippen molar-refractivity contribution < 1.29 is 4.79 Å². The Morgan fingerprint density at radius 3 is 2.63 bits per heavy atom. The Kier molecular flexibility index (Phi) is 8.07. The molecule has 1 fully saturated rings. The zero-order valence-electron chi connectivity index (χ0n) is 13.0. The summed E-state index contributed by atoms with van der Waals surface area (Å²) in [7, 11) is 4.12. The molecule has 0 spiro atoms. The molecular weight excluding hydrogens is 238 g/mol. The van der Waals surface area contributed by atoms with Crippen LogP contribution in [0.15, 0.2) is 0 Å². The van der Waals surface area contributed by atoms with E-state index in [1.54, 1.807) is 0 Å². The second kappa shape index (κ2) is 9.32. The van der Waals surface area contributed by atoms with Gasteiger partial charge in [-0.25, -0.2) is 0 Å². The first-order valence-corrected chi connectivity index (χ1v) is 7.76. The number of rotatable bonds is 8. The Hall–Kier alpha value is -0.610. The van der Waals surface area contributed by atoms with Gasteiger partial charge in [-0.1, -0.05) is 6.92 Å². The highest BCUT2D eigenvalue weighted by Gasteiger charge is 2.17. The van der Waals surface area contributed by atoms with E-state index >= 15 is 0 Å². The van der Waals surface area contributed by atoms with Crippen LogP contribution in [0.2, 0.25) is 0 Å². The van der Waals surface area contributed by atoms with Gasteiger partial charge < -0.3 is 15.1 Å².